The van der Waals surface area contributed by atoms with E-state index in [9.17, 15) is 9.50 Å². The molecular formula is C9H9Cl2FOS. The second-order valence-corrected chi connectivity index (χ2v) is 4.68. The second-order valence-electron chi connectivity index (χ2n) is 2.67. The molecule has 0 amide bonds. The number of aliphatic hydroxyl groups is 1. The molecule has 0 aromatic heterocycles. The van der Waals surface area contributed by atoms with Gasteiger partial charge in [0.15, 0.2) is 0 Å². The average molecular weight is 255 g/mol. The minimum Gasteiger partial charge on any atom is -0.386 e. The Hall–Kier alpha value is 0.0400. The lowest BCUT2D eigenvalue weighted by atomic mass is 10.1. The number of alkyl halides is 2. The zero-order chi connectivity index (χ0) is 10.7. The van der Waals surface area contributed by atoms with Crippen molar-refractivity contribution in [1.82, 2.24) is 0 Å². The van der Waals surface area contributed by atoms with Gasteiger partial charge in [-0.25, -0.2) is 4.39 Å². The molecule has 1 N–H and O–H groups in total. The first-order valence-corrected chi connectivity index (χ1v) is 5.95. The van der Waals surface area contributed by atoms with Gasteiger partial charge in [0, 0.05) is 4.90 Å². The van der Waals surface area contributed by atoms with E-state index in [0.717, 1.165) is 4.90 Å². The van der Waals surface area contributed by atoms with E-state index in [-0.39, 0.29) is 0 Å². The Morgan fingerprint density at radius 1 is 1.43 bits per heavy atom. The third kappa shape index (κ3) is 2.76. The smallest absolute Gasteiger partial charge is 0.137 e. The molecule has 1 rings (SSSR count). The van der Waals surface area contributed by atoms with Gasteiger partial charge in [-0.1, -0.05) is 0 Å². The molecule has 1 aromatic carbocycles. The third-order valence-corrected chi connectivity index (χ3v) is 3.04. The van der Waals surface area contributed by atoms with E-state index >= 15 is 0 Å². The third-order valence-electron chi connectivity index (χ3n) is 1.75. The summed E-state index contributed by atoms with van der Waals surface area (Å²) < 4.78 is 12.9. The Morgan fingerprint density at radius 2 is 2.07 bits per heavy atom. The summed E-state index contributed by atoms with van der Waals surface area (Å²) in [7, 11) is 0. The van der Waals surface area contributed by atoms with Crippen LogP contribution in [0.2, 0.25) is 0 Å². The van der Waals surface area contributed by atoms with Crippen molar-refractivity contribution in [2.24, 2.45) is 0 Å². The van der Waals surface area contributed by atoms with Crippen LogP contribution in [0.1, 0.15) is 11.7 Å². The van der Waals surface area contributed by atoms with Crippen molar-refractivity contribution in [3.05, 3.63) is 29.6 Å². The van der Waals surface area contributed by atoms with Gasteiger partial charge >= 0.3 is 0 Å². The van der Waals surface area contributed by atoms with Gasteiger partial charge in [-0.3, -0.25) is 0 Å². The molecule has 1 nitrogen and oxygen atoms in total. The van der Waals surface area contributed by atoms with Crippen LogP contribution >= 0.6 is 35.0 Å². The average Bonchev–Trinajstić information content (AvgIpc) is 2.16. The predicted molar refractivity (Wildman–Crippen MR) is 58.6 cm³/mol. The normalized spacial score (nSPS) is 13.3. The Labute approximate surface area is 96.2 Å². The minimum absolute atomic E-state index is 0.411. The van der Waals surface area contributed by atoms with E-state index in [1.165, 1.54) is 23.9 Å². The van der Waals surface area contributed by atoms with E-state index in [0.29, 0.717) is 5.56 Å². The van der Waals surface area contributed by atoms with Crippen LogP contribution in [0.25, 0.3) is 0 Å². The van der Waals surface area contributed by atoms with Crippen molar-refractivity contribution in [3.8, 4) is 0 Å². The van der Waals surface area contributed by atoms with Crippen LogP contribution in [0.3, 0.4) is 0 Å². The van der Waals surface area contributed by atoms with Crippen molar-refractivity contribution in [2.75, 3.05) is 6.26 Å². The van der Waals surface area contributed by atoms with Crippen LogP contribution in [0.15, 0.2) is 23.1 Å². The van der Waals surface area contributed by atoms with E-state index in [4.69, 9.17) is 23.2 Å². The van der Waals surface area contributed by atoms with Crippen molar-refractivity contribution < 1.29 is 9.50 Å². The van der Waals surface area contributed by atoms with E-state index in [2.05, 4.69) is 0 Å². The van der Waals surface area contributed by atoms with E-state index in [1.54, 1.807) is 6.07 Å². The van der Waals surface area contributed by atoms with Gasteiger partial charge in [0.05, 0.1) is 0 Å². The molecule has 0 bridgehead atoms. The summed E-state index contributed by atoms with van der Waals surface area (Å²) in [5.41, 5.74) is 0.424. The maximum atomic E-state index is 12.9. The minimum atomic E-state index is -1.06. The maximum absolute atomic E-state index is 12.9. The fraction of sp³-hybridized carbons (Fsp3) is 0.333. The molecule has 0 fully saturated rings. The summed E-state index contributed by atoms with van der Waals surface area (Å²) in [5.74, 6) is -0.411. The van der Waals surface area contributed by atoms with Gasteiger partial charge in [-0.15, -0.1) is 35.0 Å². The fourth-order valence-electron chi connectivity index (χ4n) is 1.07. The van der Waals surface area contributed by atoms with Gasteiger partial charge in [0.2, 0.25) is 0 Å². The SMILES string of the molecule is CSc1ccc(F)cc1C(O)C(Cl)Cl. The molecule has 0 heterocycles. The highest BCUT2D eigenvalue weighted by Crippen LogP contribution is 2.31. The van der Waals surface area contributed by atoms with Crippen LogP contribution in [0.4, 0.5) is 4.39 Å². The van der Waals surface area contributed by atoms with Gasteiger partial charge in [0.1, 0.15) is 16.8 Å². The number of halogens is 3. The van der Waals surface area contributed by atoms with Crippen LogP contribution < -0.4 is 0 Å². The largest absolute Gasteiger partial charge is 0.386 e. The highest BCUT2D eigenvalue weighted by molar-refractivity contribution is 7.98. The Kier molecular flexibility index (Phi) is 4.51. The topological polar surface area (TPSA) is 20.2 Å². The summed E-state index contributed by atoms with van der Waals surface area (Å²) >= 11 is 12.5. The molecule has 0 saturated carbocycles. The van der Waals surface area contributed by atoms with Crippen LogP contribution in [-0.2, 0) is 0 Å². The van der Waals surface area contributed by atoms with Gasteiger partial charge in [-0.2, -0.15) is 0 Å². The lowest BCUT2D eigenvalue weighted by molar-refractivity contribution is 0.189. The number of hydrogen-bond donors (Lipinski definition) is 1. The first kappa shape index (κ1) is 12.1. The summed E-state index contributed by atoms with van der Waals surface area (Å²) in [4.78, 5) is -0.187. The number of rotatable bonds is 3. The van der Waals surface area contributed by atoms with Crippen molar-refractivity contribution in [3.63, 3.8) is 0 Å². The molecular weight excluding hydrogens is 246 g/mol. The monoisotopic (exact) mass is 254 g/mol. The fourth-order valence-corrected chi connectivity index (χ4v) is 1.96. The van der Waals surface area contributed by atoms with Crippen molar-refractivity contribution >= 4 is 35.0 Å². The number of aliphatic hydroxyl groups excluding tert-OH is 1. The lowest BCUT2D eigenvalue weighted by Crippen LogP contribution is -2.07. The maximum Gasteiger partial charge on any atom is 0.137 e. The van der Waals surface area contributed by atoms with Crippen molar-refractivity contribution in [1.29, 1.82) is 0 Å². The molecule has 0 aliphatic rings. The summed E-state index contributed by atoms with van der Waals surface area (Å²) in [6, 6.07) is 4.17. The van der Waals surface area contributed by atoms with Gasteiger partial charge < -0.3 is 5.11 Å². The molecule has 1 atom stereocenters. The van der Waals surface area contributed by atoms with Crippen LogP contribution in [0.5, 0.6) is 0 Å². The first-order valence-electron chi connectivity index (χ1n) is 3.86. The Balaban J connectivity index is 3.10. The van der Waals surface area contributed by atoms with Crippen LogP contribution in [-0.4, -0.2) is 16.2 Å². The Morgan fingerprint density at radius 3 is 2.57 bits per heavy atom. The lowest BCUT2D eigenvalue weighted by Gasteiger charge is -2.15. The summed E-state index contributed by atoms with van der Waals surface area (Å²) in [6.07, 6.45) is 0.775. The summed E-state index contributed by atoms with van der Waals surface area (Å²) in [5, 5.41) is 9.59. The number of hydrogen-bond acceptors (Lipinski definition) is 2. The molecule has 0 aliphatic heterocycles. The highest BCUT2D eigenvalue weighted by atomic mass is 35.5. The molecule has 0 radical (unpaired) electrons. The molecule has 0 spiro atoms. The molecule has 0 saturated heterocycles. The van der Waals surface area contributed by atoms with E-state index in [1.807, 2.05) is 6.26 Å². The molecule has 78 valence electrons. The van der Waals surface area contributed by atoms with Gasteiger partial charge in [-0.05, 0) is 30.0 Å². The summed E-state index contributed by atoms with van der Waals surface area (Å²) in [6.45, 7) is 0. The number of thioether (sulfide) groups is 1. The van der Waals surface area contributed by atoms with Crippen LogP contribution in [0, 0.1) is 5.82 Å². The molecule has 5 heteroatoms. The predicted octanol–water partition coefficient (Wildman–Crippen LogP) is 3.38. The first-order chi connectivity index (χ1) is 6.56. The quantitative estimate of drug-likeness (QED) is 0.660. The van der Waals surface area contributed by atoms with Crippen molar-refractivity contribution in [2.45, 2.75) is 15.8 Å². The van der Waals surface area contributed by atoms with Gasteiger partial charge in [0.25, 0.3) is 0 Å². The molecule has 0 aliphatic carbocycles. The van der Waals surface area contributed by atoms with E-state index < -0.39 is 16.8 Å². The second kappa shape index (κ2) is 5.21. The zero-order valence-electron chi connectivity index (χ0n) is 7.38. The molecule has 14 heavy (non-hydrogen) atoms. The number of benzene rings is 1. The highest BCUT2D eigenvalue weighted by Gasteiger charge is 2.19. The standard InChI is InChI=1S/C9H9Cl2FOS/c1-14-7-3-2-5(12)4-6(7)8(13)9(10)11/h2-4,8-9,13H,1H3. The molecule has 1 aromatic rings. The molecule has 1 unspecified atom stereocenters. The zero-order valence-corrected chi connectivity index (χ0v) is 9.70. The Bertz CT molecular complexity index is 320.